The van der Waals surface area contributed by atoms with Crippen LogP contribution in [-0.2, 0) is 11.2 Å². The largest absolute Gasteiger partial charge is 0.469 e. The van der Waals surface area contributed by atoms with E-state index >= 15 is 0 Å². The topological polar surface area (TPSA) is 55.1 Å². The molecule has 1 N–H and O–H groups in total. The van der Waals surface area contributed by atoms with Crippen LogP contribution in [0.25, 0.3) is 11.1 Å². The number of hydrogen-bond donors (Lipinski definition) is 1. The van der Waals surface area contributed by atoms with E-state index < -0.39 is 0 Å². The van der Waals surface area contributed by atoms with E-state index in [2.05, 4.69) is 22.4 Å². The number of carbonyl (C=O) groups excluding carboxylic acids is 1. The molecule has 1 atom stereocenters. The summed E-state index contributed by atoms with van der Waals surface area (Å²) in [5.74, 6) is 0.855. The van der Waals surface area contributed by atoms with Crippen LogP contribution in [-0.4, -0.2) is 10.9 Å². The monoisotopic (exact) mass is 320 g/mol. The maximum Gasteiger partial charge on any atom is 0.220 e. The highest BCUT2D eigenvalue weighted by Gasteiger charge is 2.10. The third-order valence-corrected chi connectivity index (χ3v) is 3.96. The summed E-state index contributed by atoms with van der Waals surface area (Å²) in [7, 11) is 0. The minimum absolute atomic E-state index is 0.0234. The second kappa shape index (κ2) is 7.59. The lowest BCUT2D eigenvalue weighted by atomic mass is 10.0. The summed E-state index contributed by atoms with van der Waals surface area (Å²) in [4.78, 5) is 16.2. The molecule has 4 heteroatoms. The maximum absolute atomic E-state index is 12.0. The highest BCUT2D eigenvalue weighted by molar-refractivity contribution is 5.76. The Kier molecular flexibility index (Phi) is 5.06. The van der Waals surface area contributed by atoms with Crippen molar-refractivity contribution in [3.8, 4) is 11.1 Å². The Morgan fingerprint density at radius 1 is 1.12 bits per heavy atom. The van der Waals surface area contributed by atoms with Crippen LogP contribution >= 0.6 is 0 Å². The summed E-state index contributed by atoms with van der Waals surface area (Å²) in [5, 5.41) is 3.02. The van der Waals surface area contributed by atoms with Gasteiger partial charge < -0.3 is 9.73 Å². The van der Waals surface area contributed by atoms with E-state index in [9.17, 15) is 4.79 Å². The number of aromatic nitrogens is 1. The number of pyridine rings is 1. The van der Waals surface area contributed by atoms with E-state index in [-0.39, 0.29) is 11.9 Å². The lowest BCUT2D eigenvalue weighted by Gasteiger charge is -2.15. The zero-order valence-corrected chi connectivity index (χ0v) is 13.6. The first-order valence-corrected chi connectivity index (χ1v) is 8.04. The molecule has 0 radical (unpaired) electrons. The molecule has 122 valence electrons. The molecule has 24 heavy (non-hydrogen) atoms. The molecule has 0 aliphatic carbocycles. The molecule has 1 amide bonds. The number of aryl methyl sites for hydroxylation is 1. The lowest BCUT2D eigenvalue weighted by molar-refractivity contribution is -0.121. The second-order valence-electron chi connectivity index (χ2n) is 5.73. The van der Waals surface area contributed by atoms with Crippen LogP contribution in [0.15, 0.2) is 71.6 Å². The van der Waals surface area contributed by atoms with Gasteiger partial charge in [0.25, 0.3) is 0 Å². The molecule has 0 fully saturated rings. The molecule has 2 aromatic heterocycles. The van der Waals surface area contributed by atoms with Crippen molar-refractivity contribution in [1.29, 1.82) is 0 Å². The summed E-state index contributed by atoms with van der Waals surface area (Å²) < 4.78 is 5.24. The molecular formula is C20H20N2O2. The maximum atomic E-state index is 12.0. The summed E-state index contributed by atoms with van der Waals surface area (Å²) in [6.45, 7) is 1.99. The fourth-order valence-electron chi connectivity index (χ4n) is 2.59. The van der Waals surface area contributed by atoms with Crippen molar-refractivity contribution >= 4 is 5.91 Å². The molecule has 2 heterocycles. The number of amides is 1. The fourth-order valence-corrected chi connectivity index (χ4v) is 2.59. The van der Waals surface area contributed by atoms with Crippen molar-refractivity contribution in [2.45, 2.75) is 25.8 Å². The third-order valence-electron chi connectivity index (χ3n) is 3.96. The summed E-state index contributed by atoms with van der Waals surface area (Å²) in [6.07, 6.45) is 6.27. The van der Waals surface area contributed by atoms with Crippen molar-refractivity contribution in [3.05, 3.63) is 78.5 Å². The Bertz CT molecular complexity index is 765. The van der Waals surface area contributed by atoms with Gasteiger partial charge in [0.05, 0.1) is 12.3 Å². The molecule has 0 aliphatic heterocycles. The minimum atomic E-state index is -0.0305. The van der Waals surface area contributed by atoms with E-state index in [4.69, 9.17) is 4.42 Å². The minimum Gasteiger partial charge on any atom is -0.469 e. The summed E-state index contributed by atoms with van der Waals surface area (Å²) >= 11 is 0. The highest BCUT2D eigenvalue weighted by atomic mass is 16.3. The van der Waals surface area contributed by atoms with E-state index in [0.29, 0.717) is 12.8 Å². The van der Waals surface area contributed by atoms with E-state index in [1.54, 1.807) is 12.5 Å². The highest BCUT2D eigenvalue weighted by Crippen LogP contribution is 2.21. The molecule has 0 saturated carbocycles. The van der Waals surface area contributed by atoms with Gasteiger partial charge in [0, 0.05) is 25.2 Å². The number of benzene rings is 1. The Balaban J connectivity index is 1.56. The van der Waals surface area contributed by atoms with Crippen LogP contribution in [0.3, 0.4) is 0 Å². The average Bonchev–Trinajstić information content (AvgIpc) is 3.14. The molecule has 0 saturated heterocycles. The number of nitrogens with zero attached hydrogens (tertiary/aromatic N) is 1. The van der Waals surface area contributed by atoms with Crippen LogP contribution in [0.5, 0.6) is 0 Å². The Morgan fingerprint density at radius 3 is 2.62 bits per heavy atom. The first kappa shape index (κ1) is 16.0. The second-order valence-corrected chi connectivity index (χ2v) is 5.73. The molecule has 1 aromatic carbocycles. The van der Waals surface area contributed by atoms with Crippen LogP contribution < -0.4 is 5.32 Å². The van der Waals surface area contributed by atoms with Gasteiger partial charge in [-0.05, 0) is 41.8 Å². The molecule has 0 spiro atoms. The first-order chi connectivity index (χ1) is 11.7. The molecular weight excluding hydrogens is 300 g/mol. The number of nitrogens with one attached hydrogen (secondary N) is 1. The molecule has 3 aromatic rings. The van der Waals surface area contributed by atoms with E-state index in [0.717, 1.165) is 22.5 Å². The van der Waals surface area contributed by atoms with Crippen LogP contribution in [0.4, 0.5) is 0 Å². The van der Waals surface area contributed by atoms with E-state index in [1.165, 1.54) is 0 Å². The van der Waals surface area contributed by atoms with Gasteiger partial charge in [-0.3, -0.25) is 9.78 Å². The van der Waals surface area contributed by atoms with Crippen molar-refractivity contribution < 1.29 is 9.21 Å². The number of carbonyl (C=O) groups is 1. The normalized spacial score (nSPS) is 11.9. The number of hydrogen-bond acceptors (Lipinski definition) is 3. The van der Waals surface area contributed by atoms with Gasteiger partial charge in [-0.2, -0.15) is 0 Å². The Morgan fingerprint density at radius 2 is 1.96 bits per heavy atom. The molecule has 4 nitrogen and oxygen atoms in total. The van der Waals surface area contributed by atoms with Gasteiger partial charge in [-0.1, -0.05) is 30.3 Å². The lowest BCUT2D eigenvalue weighted by Crippen LogP contribution is -2.26. The first-order valence-electron chi connectivity index (χ1n) is 8.04. The van der Waals surface area contributed by atoms with E-state index in [1.807, 2.05) is 49.5 Å². The van der Waals surface area contributed by atoms with Gasteiger partial charge in [0.2, 0.25) is 5.91 Å². The van der Waals surface area contributed by atoms with Gasteiger partial charge in [0.1, 0.15) is 5.76 Å². The molecule has 1 unspecified atom stereocenters. The van der Waals surface area contributed by atoms with Crippen molar-refractivity contribution in [2.24, 2.45) is 0 Å². The van der Waals surface area contributed by atoms with Crippen molar-refractivity contribution in [1.82, 2.24) is 10.3 Å². The zero-order valence-electron chi connectivity index (χ0n) is 13.6. The van der Waals surface area contributed by atoms with Crippen molar-refractivity contribution in [3.63, 3.8) is 0 Å². The average molecular weight is 320 g/mol. The van der Waals surface area contributed by atoms with Gasteiger partial charge >= 0.3 is 0 Å². The number of furan rings is 1. The van der Waals surface area contributed by atoms with Crippen LogP contribution in [0.1, 0.15) is 30.7 Å². The standard InChI is InChI=1S/C20H20N2O2/c1-15(22-20(23)11-10-19-5-3-13-24-19)16-6-8-17(9-7-16)18-4-2-12-21-14-18/h2-9,12-15H,10-11H2,1H3,(H,22,23). The molecule has 0 bridgehead atoms. The van der Waals surface area contributed by atoms with Gasteiger partial charge in [-0.25, -0.2) is 0 Å². The molecule has 3 rings (SSSR count). The zero-order chi connectivity index (χ0) is 16.8. The Hall–Kier alpha value is -2.88. The van der Waals surface area contributed by atoms with Crippen molar-refractivity contribution in [2.75, 3.05) is 0 Å². The smallest absolute Gasteiger partial charge is 0.220 e. The predicted molar refractivity (Wildman–Crippen MR) is 93.3 cm³/mol. The van der Waals surface area contributed by atoms with Gasteiger partial charge in [0.15, 0.2) is 0 Å². The number of rotatable bonds is 6. The Labute approximate surface area is 141 Å². The van der Waals surface area contributed by atoms with Crippen LogP contribution in [0.2, 0.25) is 0 Å². The summed E-state index contributed by atoms with van der Waals surface area (Å²) in [6, 6.07) is 15.8. The summed E-state index contributed by atoms with van der Waals surface area (Å²) in [5.41, 5.74) is 3.27. The fraction of sp³-hybridized carbons (Fsp3) is 0.200. The SMILES string of the molecule is CC(NC(=O)CCc1ccco1)c1ccc(-c2cccnc2)cc1. The molecule has 0 aliphatic rings. The third kappa shape index (κ3) is 4.10. The quantitative estimate of drug-likeness (QED) is 0.742. The van der Waals surface area contributed by atoms with Crippen LogP contribution in [0, 0.1) is 0 Å². The predicted octanol–water partition coefficient (Wildman–Crippen LogP) is 4.15. The van der Waals surface area contributed by atoms with Gasteiger partial charge in [-0.15, -0.1) is 0 Å².